The monoisotopic (exact) mass is 577 g/mol. The summed E-state index contributed by atoms with van der Waals surface area (Å²) in [4.78, 5) is 63.8. The number of aromatic carboxylic acids is 2. The standard InChI is InChI=1S/C28H23N3O9S/c32-24(29-19-1-3-20(4-2-19)30-7-9-39-10-8-30)15-31-25(33)23(41-28(31)38)14-21-5-6-22(40-21)16-11-17(26(34)35)13-18(12-16)27(36)37/h1-6,11-14H,7-10,15H2,(H,29,32)(H,34,35)(H,36,37)/b23-14+. The summed E-state index contributed by atoms with van der Waals surface area (Å²) in [7, 11) is 0. The molecule has 3 N–H and O–H groups in total. The molecule has 0 unspecified atom stereocenters. The number of nitrogens with one attached hydrogen (secondary N) is 1. The maximum absolute atomic E-state index is 12.9. The highest BCUT2D eigenvalue weighted by Crippen LogP contribution is 2.33. The van der Waals surface area contributed by atoms with Gasteiger partial charge in [0.2, 0.25) is 5.91 Å². The highest BCUT2D eigenvalue weighted by Gasteiger charge is 2.36. The van der Waals surface area contributed by atoms with Crippen LogP contribution in [0.1, 0.15) is 26.5 Å². The molecule has 0 radical (unpaired) electrons. The second-order valence-electron chi connectivity index (χ2n) is 9.07. The molecule has 12 nitrogen and oxygen atoms in total. The van der Waals surface area contributed by atoms with Crippen molar-refractivity contribution in [3.8, 4) is 11.3 Å². The number of anilines is 2. The van der Waals surface area contributed by atoms with Crippen molar-refractivity contribution in [1.29, 1.82) is 0 Å². The first-order valence-corrected chi connectivity index (χ1v) is 13.2. The third kappa shape index (κ3) is 6.31. The molecule has 1 aromatic heterocycles. The molecule has 0 spiro atoms. The molecule has 5 rings (SSSR count). The summed E-state index contributed by atoms with van der Waals surface area (Å²) < 4.78 is 11.0. The van der Waals surface area contributed by atoms with E-state index in [-0.39, 0.29) is 33.1 Å². The average molecular weight is 578 g/mol. The number of carbonyl (C=O) groups is 5. The number of carboxylic acid groups (broad SMARTS) is 2. The number of ether oxygens (including phenoxy) is 1. The second-order valence-corrected chi connectivity index (χ2v) is 10.1. The number of imide groups is 1. The van der Waals surface area contributed by atoms with Gasteiger partial charge < -0.3 is 29.6 Å². The fourth-order valence-corrected chi connectivity index (χ4v) is 5.11. The van der Waals surface area contributed by atoms with Gasteiger partial charge in [0.05, 0.1) is 29.2 Å². The molecule has 3 heterocycles. The topological polar surface area (TPSA) is 167 Å². The third-order valence-corrected chi connectivity index (χ3v) is 7.22. The fraction of sp³-hybridized carbons (Fsp3) is 0.179. The number of hydrogen-bond acceptors (Lipinski definition) is 9. The number of carboxylic acids is 2. The number of morpholine rings is 1. The van der Waals surface area contributed by atoms with Gasteiger partial charge in [-0.1, -0.05) is 0 Å². The van der Waals surface area contributed by atoms with Gasteiger partial charge in [-0.05, 0) is 66.4 Å². The molecule has 2 aromatic carbocycles. The summed E-state index contributed by atoms with van der Waals surface area (Å²) in [5.41, 5.74) is 1.27. The Morgan fingerprint density at radius 3 is 2.22 bits per heavy atom. The van der Waals surface area contributed by atoms with Crippen LogP contribution in [-0.4, -0.2) is 77.0 Å². The Kier molecular flexibility index (Phi) is 7.90. The molecule has 0 aliphatic carbocycles. The van der Waals surface area contributed by atoms with Crippen molar-refractivity contribution in [3.63, 3.8) is 0 Å². The quantitative estimate of drug-likeness (QED) is 0.333. The SMILES string of the molecule is O=C(CN1C(=O)S/C(=C/c2ccc(-c3cc(C(=O)O)cc(C(=O)O)c3)o2)C1=O)Nc1ccc(N2CCOCC2)cc1. The Hall–Kier alpha value is -4.88. The zero-order chi connectivity index (χ0) is 29.1. The first-order valence-electron chi connectivity index (χ1n) is 12.4. The highest BCUT2D eigenvalue weighted by atomic mass is 32.2. The predicted octanol–water partition coefficient (Wildman–Crippen LogP) is 3.85. The maximum atomic E-state index is 12.9. The van der Waals surface area contributed by atoms with Gasteiger partial charge in [-0.25, -0.2) is 9.59 Å². The molecule has 2 saturated heterocycles. The van der Waals surface area contributed by atoms with Crippen molar-refractivity contribution in [2.45, 2.75) is 0 Å². The van der Waals surface area contributed by atoms with E-state index in [2.05, 4.69) is 10.2 Å². The maximum Gasteiger partial charge on any atom is 0.335 e. The van der Waals surface area contributed by atoms with E-state index in [4.69, 9.17) is 9.15 Å². The van der Waals surface area contributed by atoms with E-state index in [1.807, 2.05) is 12.1 Å². The minimum atomic E-state index is -1.30. The minimum Gasteiger partial charge on any atom is -0.478 e. The number of rotatable bonds is 8. The van der Waals surface area contributed by atoms with Crippen LogP contribution in [0.3, 0.4) is 0 Å². The lowest BCUT2D eigenvalue weighted by molar-refractivity contribution is -0.127. The largest absolute Gasteiger partial charge is 0.478 e. The zero-order valence-corrected chi connectivity index (χ0v) is 22.2. The Bertz CT molecular complexity index is 1540. The van der Waals surface area contributed by atoms with Gasteiger partial charge in [-0.2, -0.15) is 0 Å². The number of thioether (sulfide) groups is 1. The smallest absolute Gasteiger partial charge is 0.335 e. The van der Waals surface area contributed by atoms with E-state index in [9.17, 15) is 34.2 Å². The molecule has 210 valence electrons. The van der Waals surface area contributed by atoms with Crippen LogP contribution in [-0.2, 0) is 14.3 Å². The first-order chi connectivity index (χ1) is 19.7. The second kappa shape index (κ2) is 11.7. The van der Waals surface area contributed by atoms with Crippen LogP contribution < -0.4 is 10.2 Å². The Balaban J connectivity index is 1.24. The summed E-state index contributed by atoms with van der Waals surface area (Å²) in [6, 6.07) is 13.8. The predicted molar refractivity (Wildman–Crippen MR) is 149 cm³/mol. The van der Waals surface area contributed by atoms with Gasteiger partial charge >= 0.3 is 11.9 Å². The third-order valence-electron chi connectivity index (χ3n) is 6.31. The number of amides is 3. The Morgan fingerprint density at radius 2 is 1.59 bits per heavy atom. The molecule has 3 amide bonds. The number of benzene rings is 2. The molecule has 3 aromatic rings. The van der Waals surface area contributed by atoms with Gasteiger partial charge in [-0.15, -0.1) is 0 Å². The molecule has 0 atom stereocenters. The number of carbonyl (C=O) groups excluding carboxylic acids is 3. The van der Waals surface area contributed by atoms with E-state index in [1.165, 1.54) is 30.3 Å². The normalized spacial score (nSPS) is 16.3. The van der Waals surface area contributed by atoms with Crippen molar-refractivity contribution in [2.75, 3.05) is 43.1 Å². The Labute approximate surface area is 237 Å². The first kappa shape index (κ1) is 27.7. The summed E-state index contributed by atoms with van der Waals surface area (Å²) in [5, 5.41) is 20.7. The van der Waals surface area contributed by atoms with Crippen LogP contribution >= 0.6 is 11.8 Å². The molecular formula is C28H23N3O9S. The van der Waals surface area contributed by atoms with Crippen molar-refractivity contribution in [1.82, 2.24) is 4.90 Å². The van der Waals surface area contributed by atoms with Crippen LogP contribution in [0, 0.1) is 0 Å². The number of hydrogen-bond donors (Lipinski definition) is 3. The summed E-state index contributed by atoms with van der Waals surface area (Å²) >= 11 is 0.648. The minimum absolute atomic E-state index is 0.0316. The molecule has 2 aliphatic heterocycles. The molecule has 41 heavy (non-hydrogen) atoms. The number of nitrogens with zero attached hydrogens (tertiary/aromatic N) is 2. The van der Waals surface area contributed by atoms with Crippen LogP contribution in [0.15, 0.2) is 63.9 Å². The average Bonchev–Trinajstić information content (AvgIpc) is 3.54. The zero-order valence-electron chi connectivity index (χ0n) is 21.4. The van der Waals surface area contributed by atoms with Gasteiger partial charge in [0, 0.05) is 36.1 Å². The van der Waals surface area contributed by atoms with Crippen LogP contribution in [0.2, 0.25) is 0 Å². The van der Waals surface area contributed by atoms with E-state index < -0.39 is 35.5 Å². The van der Waals surface area contributed by atoms with Crippen molar-refractivity contribution in [2.24, 2.45) is 0 Å². The van der Waals surface area contributed by atoms with Crippen molar-refractivity contribution in [3.05, 3.63) is 76.4 Å². The van der Waals surface area contributed by atoms with Crippen molar-refractivity contribution >= 4 is 58.2 Å². The molecular weight excluding hydrogens is 554 g/mol. The van der Waals surface area contributed by atoms with Crippen LogP contribution in [0.5, 0.6) is 0 Å². The van der Waals surface area contributed by atoms with Gasteiger partial charge in [0.1, 0.15) is 18.1 Å². The summed E-state index contributed by atoms with van der Waals surface area (Å²) in [6.45, 7) is 2.39. The number of furan rings is 1. The molecule has 2 fully saturated rings. The molecule has 2 aliphatic rings. The summed E-state index contributed by atoms with van der Waals surface area (Å²) in [6.07, 6.45) is 1.33. The molecule has 0 bridgehead atoms. The van der Waals surface area contributed by atoms with Gasteiger partial charge in [0.15, 0.2) is 0 Å². The highest BCUT2D eigenvalue weighted by molar-refractivity contribution is 8.18. The van der Waals surface area contributed by atoms with Crippen LogP contribution in [0.25, 0.3) is 17.4 Å². The van der Waals surface area contributed by atoms with Crippen molar-refractivity contribution < 1.29 is 43.3 Å². The summed E-state index contributed by atoms with van der Waals surface area (Å²) in [5.74, 6) is -3.47. The van der Waals surface area contributed by atoms with E-state index in [0.717, 1.165) is 29.7 Å². The van der Waals surface area contributed by atoms with Gasteiger partial charge in [-0.3, -0.25) is 19.3 Å². The molecule has 13 heteroatoms. The van der Waals surface area contributed by atoms with E-state index >= 15 is 0 Å². The van der Waals surface area contributed by atoms with E-state index in [0.29, 0.717) is 30.7 Å². The lowest BCUT2D eigenvalue weighted by Gasteiger charge is -2.28. The Morgan fingerprint density at radius 1 is 0.927 bits per heavy atom. The lowest BCUT2D eigenvalue weighted by Crippen LogP contribution is -2.36. The van der Waals surface area contributed by atoms with Gasteiger partial charge in [0.25, 0.3) is 11.1 Å². The molecule has 0 saturated carbocycles. The fourth-order valence-electron chi connectivity index (χ4n) is 4.29. The van der Waals surface area contributed by atoms with E-state index in [1.54, 1.807) is 12.1 Å². The van der Waals surface area contributed by atoms with Crippen LogP contribution in [0.4, 0.5) is 16.2 Å². The lowest BCUT2D eigenvalue weighted by atomic mass is 10.0.